The van der Waals surface area contributed by atoms with E-state index in [1.165, 1.54) is 0 Å². The fourth-order valence-electron chi connectivity index (χ4n) is 1.53. The number of unbranched alkanes of at least 4 members (excludes halogenated alkanes) is 1. The molecule has 0 aliphatic carbocycles. The van der Waals surface area contributed by atoms with Crippen molar-refractivity contribution in [2.24, 2.45) is 0 Å². The highest BCUT2D eigenvalue weighted by Crippen LogP contribution is 2.21. The molecule has 0 radical (unpaired) electrons. The lowest BCUT2D eigenvalue weighted by atomic mass is 10.1. The van der Waals surface area contributed by atoms with E-state index in [0.29, 0.717) is 5.56 Å². The van der Waals surface area contributed by atoms with Crippen molar-refractivity contribution in [1.82, 2.24) is 5.32 Å². The monoisotopic (exact) mass is 233 g/mol. The molecule has 17 heavy (non-hydrogen) atoms. The minimum absolute atomic E-state index is 0.0854. The standard InChI is InChI=1S/C14H19NO2/c1-4-5-6-7-11-10-12(14(16)15-2)8-9-13(11)17-3/h6-10H,4-5H2,1-3H3,(H,15,16). The van der Waals surface area contributed by atoms with E-state index in [9.17, 15) is 4.79 Å². The molecule has 3 heteroatoms. The van der Waals surface area contributed by atoms with Crippen LogP contribution in [0.3, 0.4) is 0 Å². The predicted molar refractivity (Wildman–Crippen MR) is 70.3 cm³/mol. The normalized spacial score (nSPS) is 10.5. The molecule has 3 nitrogen and oxygen atoms in total. The zero-order valence-corrected chi connectivity index (χ0v) is 10.6. The van der Waals surface area contributed by atoms with Gasteiger partial charge in [0.15, 0.2) is 0 Å². The van der Waals surface area contributed by atoms with E-state index in [1.54, 1.807) is 20.2 Å². The van der Waals surface area contributed by atoms with Crippen LogP contribution in [0.1, 0.15) is 35.7 Å². The Labute approximate surface area is 102 Å². The summed E-state index contributed by atoms with van der Waals surface area (Å²) in [6.07, 6.45) is 6.21. The molecule has 1 aromatic rings. The third kappa shape index (κ3) is 3.63. The van der Waals surface area contributed by atoms with Gasteiger partial charge < -0.3 is 10.1 Å². The number of amides is 1. The Morgan fingerprint density at radius 3 is 2.82 bits per heavy atom. The summed E-state index contributed by atoms with van der Waals surface area (Å²) < 4.78 is 5.26. The van der Waals surface area contributed by atoms with E-state index >= 15 is 0 Å². The molecule has 0 aliphatic rings. The van der Waals surface area contributed by atoms with E-state index in [1.807, 2.05) is 18.2 Å². The number of benzene rings is 1. The highest BCUT2D eigenvalue weighted by molar-refractivity contribution is 5.94. The van der Waals surface area contributed by atoms with Gasteiger partial charge in [0.05, 0.1) is 7.11 Å². The summed E-state index contributed by atoms with van der Waals surface area (Å²) in [5.74, 6) is 0.697. The smallest absolute Gasteiger partial charge is 0.251 e. The summed E-state index contributed by atoms with van der Waals surface area (Å²) in [4.78, 5) is 11.5. The van der Waals surface area contributed by atoms with Crippen molar-refractivity contribution in [3.63, 3.8) is 0 Å². The summed E-state index contributed by atoms with van der Waals surface area (Å²) >= 11 is 0. The van der Waals surface area contributed by atoms with Crippen molar-refractivity contribution in [3.8, 4) is 5.75 Å². The van der Waals surface area contributed by atoms with Crippen molar-refractivity contribution in [1.29, 1.82) is 0 Å². The molecule has 1 rings (SSSR count). The number of carbonyl (C=O) groups is 1. The fourth-order valence-corrected chi connectivity index (χ4v) is 1.53. The lowest BCUT2D eigenvalue weighted by molar-refractivity contribution is 0.0963. The van der Waals surface area contributed by atoms with Crippen molar-refractivity contribution in [2.45, 2.75) is 19.8 Å². The Bertz CT molecular complexity index is 411. The van der Waals surface area contributed by atoms with Crippen LogP contribution in [0.5, 0.6) is 5.75 Å². The average molecular weight is 233 g/mol. The molecule has 92 valence electrons. The molecule has 0 aliphatic heterocycles. The van der Waals surface area contributed by atoms with Crippen molar-refractivity contribution < 1.29 is 9.53 Å². The Hall–Kier alpha value is -1.77. The van der Waals surface area contributed by atoms with E-state index in [0.717, 1.165) is 24.2 Å². The lowest BCUT2D eigenvalue weighted by Gasteiger charge is -2.07. The van der Waals surface area contributed by atoms with Crippen LogP contribution in [0.15, 0.2) is 24.3 Å². The first kappa shape index (κ1) is 13.3. The van der Waals surface area contributed by atoms with Crippen LogP contribution < -0.4 is 10.1 Å². The zero-order chi connectivity index (χ0) is 12.7. The molecule has 0 bridgehead atoms. The van der Waals surface area contributed by atoms with Gasteiger partial charge in [0.2, 0.25) is 0 Å². The van der Waals surface area contributed by atoms with E-state index in [2.05, 4.69) is 18.3 Å². The van der Waals surface area contributed by atoms with Gasteiger partial charge in [0.25, 0.3) is 5.91 Å². The summed E-state index contributed by atoms with van der Waals surface area (Å²) in [6.45, 7) is 2.13. The minimum atomic E-state index is -0.0854. The van der Waals surface area contributed by atoms with Gasteiger partial charge in [-0.2, -0.15) is 0 Å². The SMILES string of the molecule is CCCC=Cc1cc(C(=O)NC)ccc1OC. The Morgan fingerprint density at radius 1 is 1.47 bits per heavy atom. The van der Waals surface area contributed by atoms with Crippen LogP contribution in [-0.2, 0) is 0 Å². The maximum absolute atomic E-state index is 11.5. The Morgan fingerprint density at radius 2 is 2.24 bits per heavy atom. The summed E-state index contributed by atoms with van der Waals surface area (Å²) in [5, 5.41) is 2.61. The first-order chi connectivity index (χ1) is 8.22. The van der Waals surface area contributed by atoms with Gasteiger partial charge in [-0.1, -0.05) is 25.5 Å². The quantitative estimate of drug-likeness (QED) is 0.849. The molecule has 0 fully saturated rings. The molecule has 0 atom stereocenters. The van der Waals surface area contributed by atoms with Crippen LogP contribution in [0.4, 0.5) is 0 Å². The predicted octanol–water partition coefficient (Wildman–Crippen LogP) is 2.87. The third-order valence-electron chi connectivity index (χ3n) is 2.47. The van der Waals surface area contributed by atoms with Crippen LogP contribution in [0.25, 0.3) is 6.08 Å². The van der Waals surface area contributed by atoms with Crippen LogP contribution in [-0.4, -0.2) is 20.1 Å². The number of ether oxygens (including phenoxy) is 1. The molecule has 1 N–H and O–H groups in total. The lowest BCUT2D eigenvalue weighted by Crippen LogP contribution is -2.17. The number of rotatable bonds is 5. The maximum Gasteiger partial charge on any atom is 0.251 e. The number of methoxy groups -OCH3 is 1. The minimum Gasteiger partial charge on any atom is -0.496 e. The number of nitrogens with one attached hydrogen (secondary N) is 1. The maximum atomic E-state index is 11.5. The summed E-state index contributed by atoms with van der Waals surface area (Å²) in [5.41, 5.74) is 1.58. The van der Waals surface area contributed by atoms with Crippen LogP contribution >= 0.6 is 0 Å². The van der Waals surface area contributed by atoms with Crippen molar-refractivity contribution in [3.05, 3.63) is 35.4 Å². The van der Waals surface area contributed by atoms with Crippen molar-refractivity contribution >= 4 is 12.0 Å². The van der Waals surface area contributed by atoms with Crippen LogP contribution in [0.2, 0.25) is 0 Å². The number of hydrogen-bond donors (Lipinski definition) is 1. The van der Waals surface area contributed by atoms with Crippen molar-refractivity contribution in [2.75, 3.05) is 14.2 Å². The number of allylic oxidation sites excluding steroid dienone is 1. The first-order valence-electron chi connectivity index (χ1n) is 5.79. The van der Waals surface area contributed by atoms with Gasteiger partial charge >= 0.3 is 0 Å². The second-order valence-corrected chi connectivity index (χ2v) is 3.73. The second-order valence-electron chi connectivity index (χ2n) is 3.73. The van der Waals surface area contributed by atoms with Gasteiger partial charge in [0, 0.05) is 18.2 Å². The second kappa shape index (κ2) is 6.74. The largest absolute Gasteiger partial charge is 0.496 e. The average Bonchev–Trinajstić information content (AvgIpc) is 2.38. The number of hydrogen-bond acceptors (Lipinski definition) is 2. The number of carbonyl (C=O) groups excluding carboxylic acids is 1. The fraction of sp³-hybridized carbons (Fsp3) is 0.357. The van der Waals surface area contributed by atoms with Gasteiger partial charge in [-0.3, -0.25) is 4.79 Å². The molecule has 1 amide bonds. The molecule has 0 spiro atoms. The first-order valence-corrected chi connectivity index (χ1v) is 5.79. The Balaban J connectivity index is 3.02. The third-order valence-corrected chi connectivity index (χ3v) is 2.47. The van der Waals surface area contributed by atoms with E-state index in [-0.39, 0.29) is 5.91 Å². The summed E-state index contributed by atoms with van der Waals surface area (Å²) in [6, 6.07) is 5.41. The Kier molecular flexibility index (Phi) is 5.27. The molecule has 0 saturated carbocycles. The zero-order valence-electron chi connectivity index (χ0n) is 10.6. The highest BCUT2D eigenvalue weighted by atomic mass is 16.5. The summed E-state index contributed by atoms with van der Waals surface area (Å²) in [7, 11) is 3.26. The van der Waals surface area contributed by atoms with Crippen LogP contribution in [0, 0.1) is 0 Å². The molecule has 0 saturated heterocycles. The van der Waals surface area contributed by atoms with E-state index in [4.69, 9.17) is 4.74 Å². The van der Waals surface area contributed by atoms with Gasteiger partial charge in [0.1, 0.15) is 5.75 Å². The van der Waals surface area contributed by atoms with Gasteiger partial charge in [-0.15, -0.1) is 0 Å². The molecular weight excluding hydrogens is 214 g/mol. The molecule has 1 aromatic carbocycles. The molecule has 0 unspecified atom stereocenters. The molecular formula is C14H19NO2. The molecule has 0 heterocycles. The molecule has 0 aromatic heterocycles. The highest BCUT2D eigenvalue weighted by Gasteiger charge is 2.06. The topological polar surface area (TPSA) is 38.3 Å². The van der Waals surface area contributed by atoms with E-state index < -0.39 is 0 Å². The van der Waals surface area contributed by atoms with Gasteiger partial charge in [-0.25, -0.2) is 0 Å². The van der Waals surface area contributed by atoms with Gasteiger partial charge in [-0.05, 0) is 24.6 Å².